The minimum Gasteiger partial charge on any atom is -0.252 e. The van der Waals surface area contributed by atoms with Gasteiger partial charge in [-0.15, -0.1) is 5.10 Å². The maximum absolute atomic E-state index is 11.2. The Kier molecular flexibility index (Phi) is 5.40. The van der Waals surface area contributed by atoms with Crippen LogP contribution >= 0.6 is 15.9 Å². The van der Waals surface area contributed by atoms with Crippen LogP contribution in [0.1, 0.15) is 19.0 Å². The second-order valence-corrected chi connectivity index (χ2v) is 6.77. The number of rotatable bonds is 7. The monoisotopic (exact) mass is 309 g/mol. The van der Waals surface area contributed by atoms with Gasteiger partial charge in [-0.1, -0.05) is 28.1 Å². The van der Waals surface area contributed by atoms with Gasteiger partial charge in [0.2, 0.25) is 0 Å². The van der Waals surface area contributed by atoms with E-state index in [2.05, 4.69) is 26.2 Å². The van der Waals surface area contributed by atoms with E-state index in [-0.39, 0.29) is 11.5 Å². The normalized spacial score (nSPS) is 11.9. The predicted octanol–water partition coefficient (Wildman–Crippen LogP) is 1.04. The molecule has 1 rings (SSSR count). The van der Waals surface area contributed by atoms with Gasteiger partial charge in [-0.25, -0.2) is 8.42 Å². The van der Waals surface area contributed by atoms with Gasteiger partial charge in [0.15, 0.2) is 0 Å². The summed E-state index contributed by atoms with van der Waals surface area (Å²) in [5.41, 5.74) is 0.926. The highest BCUT2D eigenvalue weighted by Gasteiger charge is 2.07. The first-order valence-electron chi connectivity index (χ1n) is 5.23. The number of hydrogen-bond acceptors (Lipinski definition) is 4. The standard InChI is InChI=1S/C9H16BrN3O2S/c1-2-16(14,15)7-3-6-13-8-9(4-5-10)11-12-13/h8H,2-7H2,1H3. The highest BCUT2D eigenvalue weighted by molar-refractivity contribution is 9.09. The summed E-state index contributed by atoms with van der Waals surface area (Å²) in [4.78, 5) is 0. The first-order chi connectivity index (χ1) is 7.57. The minimum absolute atomic E-state index is 0.208. The first kappa shape index (κ1) is 13.6. The molecule has 0 atom stereocenters. The molecule has 1 aromatic rings. The molecule has 0 saturated heterocycles. The van der Waals surface area contributed by atoms with Crippen molar-refractivity contribution in [3.63, 3.8) is 0 Å². The molecule has 16 heavy (non-hydrogen) atoms. The van der Waals surface area contributed by atoms with Crippen LogP contribution in [0.2, 0.25) is 0 Å². The highest BCUT2D eigenvalue weighted by Crippen LogP contribution is 2.00. The first-order valence-corrected chi connectivity index (χ1v) is 8.17. The van der Waals surface area contributed by atoms with Gasteiger partial charge in [-0.3, -0.25) is 4.68 Å². The van der Waals surface area contributed by atoms with E-state index in [0.29, 0.717) is 13.0 Å². The molecule has 0 aliphatic carbocycles. The van der Waals surface area contributed by atoms with Crippen molar-refractivity contribution in [1.82, 2.24) is 15.0 Å². The average molecular weight is 310 g/mol. The molecule has 92 valence electrons. The second-order valence-electron chi connectivity index (χ2n) is 3.50. The molecule has 0 N–H and O–H groups in total. The van der Waals surface area contributed by atoms with E-state index < -0.39 is 9.84 Å². The maximum atomic E-state index is 11.2. The van der Waals surface area contributed by atoms with Gasteiger partial charge in [0, 0.05) is 30.2 Å². The molecule has 1 heterocycles. The molecule has 0 amide bonds. The van der Waals surface area contributed by atoms with Crippen LogP contribution in [0.3, 0.4) is 0 Å². The zero-order chi connectivity index (χ0) is 12.0. The molecule has 5 nitrogen and oxygen atoms in total. The fourth-order valence-electron chi connectivity index (χ4n) is 1.25. The van der Waals surface area contributed by atoms with E-state index in [9.17, 15) is 8.42 Å². The summed E-state index contributed by atoms with van der Waals surface area (Å²) in [5, 5.41) is 8.76. The molecule has 0 fully saturated rings. The van der Waals surface area contributed by atoms with Crippen LogP contribution in [0.15, 0.2) is 6.20 Å². The summed E-state index contributed by atoms with van der Waals surface area (Å²) in [6.07, 6.45) is 3.29. The molecule has 0 unspecified atom stereocenters. The van der Waals surface area contributed by atoms with E-state index >= 15 is 0 Å². The van der Waals surface area contributed by atoms with Crippen LogP contribution < -0.4 is 0 Å². The van der Waals surface area contributed by atoms with Crippen molar-refractivity contribution in [2.75, 3.05) is 16.8 Å². The van der Waals surface area contributed by atoms with Gasteiger partial charge in [0.1, 0.15) is 9.84 Å². The topological polar surface area (TPSA) is 64.8 Å². The van der Waals surface area contributed by atoms with Crippen molar-refractivity contribution in [1.29, 1.82) is 0 Å². The Morgan fingerprint density at radius 2 is 2.25 bits per heavy atom. The molecule has 7 heteroatoms. The molecule has 0 aromatic carbocycles. The maximum Gasteiger partial charge on any atom is 0.150 e. The lowest BCUT2D eigenvalue weighted by molar-refractivity contribution is 0.562. The Labute approximate surface area is 104 Å². The van der Waals surface area contributed by atoms with Crippen LogP contribution in [-0.2, 0) is 22.8 Å². The number of nitrogens with zero attached hydrogens (tertiary/aromatic N) is 3. The Morgan fingerprint density at radius 1 is 1.50 bits per heavy atom. The molecule has 0 aliphatic heterocycles. The van der Waals surface area contributed by atoms with Crippen LogP contribution in [0, 0.1) is 0 Å². The minimum atomic E-state index is -2.86. The number of aromatic nitrogens is 3. The van der Waals surface area contributed by atoms with Gasteiger partial charge in [-0.05, 0) is 6.42 Å². The molecule has 0 aliphatic rings. The van der Waals surface area contributed by atoms with E-state index in [4.69, 9.17) is 0 Å². The molecule has 0 bridgehead atoms. The number of hydrogen-bond donors (Lipinski definition) is 0. The number of aryl methyl sites for hydroxylation is 2. The average Bonchev–Trinajstić information content (AvgIpc) is 2.66. The quantitative estimate of drug-likeness (QED) is 0.706. The summed E-state index contributed by atoms with van der Waals surface area (Å²) in [6.45, 7) is 2.27. The third-order valence-corrected chi connectivity index (χ3v) is 4.41. The van der Waals surface area contributed by atoms with Gasteiger partial charge in [0.05, 0.1) is 11.4 Å². The van der Waals surface area contributed by atoms with Crippen molar-refractivity contribution in [2.45, 2.75) is 26.3 Å². The zero-order valence-electron chi connectivity index (χ0n) is 9.26. The van der Waals surface area contributed by atoms with Gasteiger partial charge in [-0.2, -0.15) is 0 Å². The van der Waals surface area contributed by atoms with Crippen molar-refractivity contribution < 1.29 is 8.42 Å². The van der Waals surface area contributed by atoms with Crippen LogP contribution in [0.25, 0.3) is 0 Å². The third-order valence-electron chi connectivity index (χ3n) is 2.22. The molecule has 0 radical (unpaired) electrons. The summed E-state index contributed by atoms with van der Waals surface area (Å²) < 4.78 is 24.2. The number of halogens is 1. The van der Waals surface area contributed by atoms with E-state index in [0.717, 1.165) is 17.4 Å². The molecular weight excluding hydrogens is 294 g/mol. The molecular formula is C9H16BrN3O2S. The van der Waals surface area contributed by atoms with Gasteiger partial charge < -0.3 is 0 Å². The fourth-order valence-corrected chi connectivity index (χ4v) is 2.51. The number of sulfone groups is 1. The summed E-state index contributed by atoms with van der Waals surface area (Å²) >= 11 is 3.33. The summed E-state index contributed by atoms with van der Waals surface area (Å²) in [7, 11) is -2.86. The van der Waals surface area contributed by atoms with Crippen LogP contribution in [0.5, 0.6) is 0 Å². The lowest BCUT2D eigenvalue weighted by atomic mass is 10.4. The fraction of sp³-hybridized carbons (Fsp3) is 0.778. The second kappa shape index (κ2) is 6.34. The van der Waals surface area contributed by atoms with E-state index in [1.54, 1.807) is 11.6 Å². The smallest absolute Gasteiger partial charge is 0.150 e. The third kappa shape index (κ3) is 4.61. The van der Waals surface area contributed by atoms with Crippen molar-refractivity contribution in [3.05, 3.63) is 11.9 Å². The Morgan fingerprint density at radius 3 is 2.88 bits per heavy atom. The summed E-state index contributed by atoms with van der Waals surface area (Å²) in [6, 6.07) is 0. The molecule has 0 saturated carbocycles. The Balaban J connectivity index is 2.37. The predicted molar refractivity (Wildman–Crippen MR) is 66.5 cm³/mol. The highest BCUT2D eigenvalue weighted by atomic mass is 79.9. The van der Waals surface area contributed by atoms with Crippen LogP contribution in [-0.4, -0.2) is 40.2 Å². The molecule has 0 spiro atoms. The van der Waals surface area contributed by atoms with Gasteiger partial charge >= 0.3 is 0 Å². The number of alkyl halides is 1. The Bertz CT molecular complexity index is 416. The van der Waals surface area contributed by atoms with Crippen LogP contribution in [0.4, 0.5) is 0 Å². The molecule has 1 aromatic heterocycles. The summed E-state index contributed by atoms with van der Waals surface area (Å²) in [5.74, 6) is 0.427. The van der Waals surface area contributed by atoms with E-state index in [1.807, 2.05) is 6.20 Å². The Hall–Kier alpha value is -0.430. The zero-order valence-corrected chi connectivity index (χ0v) is 11.7. The van der Waals surface area contributed by atoms with E-state index in [1.165, 1.54) is 0 Å². The van der Waals surface area contributed by atoms with Crippen molar-refractivity contribution in [3.8, 4) is 0 Å². The largest absolute Gasteiger partial charge is 0.252 e. The SMILES string of the molecule is CCS(=O)(=O)CCCn1cc(CCBr)nn1. The lowest BCUT2D eigenvalue weighted by Crippen LogP contribution is -2.11. The van der Waals surface area contributed by atoms with Gasteiger partial charge in [0.25, 0.3) is 0 Å². The lowest BCUT2D eigenvalue weighted by Gasteiger charge is -2.00. The van der Waals surface area contributed by atoms with Crippen molar-refractivity contribution >= 4 is 25.8 Å². The van der Waals surface area contributed by atoms with Crippen molar-refractivity contribution in [2.24, 2.45) is 0 Å².